The van der Waals surface area contributed by atoms with Crippen LogP contribution in [-0.4, -0.2) is 17.2 Å². The monoisotopic (exact) mass is 183 g/mol. The quantitative estimate of drug-likeness (QED) is 0.626. The Balaban J connectivity index is 3.17. The van der Waals surface area contributed by atoms with Gasteiger partial charge in [0.05, 0.1) is 12.1 Å². The molecule has 0 bridgehead atoms. The molecule has 1 N–H and O–H groups in total. The Morgan fingerprint density at radius 2 is 1.92 bits per heavy atom. The van der Waals surface area contributed by atoms with Gasteiger partial charge in [-0.15, -0.1) is 0 Å². The van der Waals surface area contributed by atoms with Gasteiger partial charge in [-0.1, -0.05) is 33.8 Å². The molecule has 0 fully saturated rings. The Hall–Kier alpha value is -0.830. The minimum atomic E-state index is -1.19. The van der Waals surface area contributed by atoms with E-state index in [2.05, 4.69) is 0 Å². The smallest absolute Gasteiger partial charge is 0.0717 e. The molecule has 0 aromatic carbocycles. The number of aliphatic hydroxyl groups excluding tert-OH is 1. The Kier molecular flexibility index (Phi) is 2.03. The van der Waals surface area contributed by atoms with Crippen molar-refractivity contribution in [3.8, 4) is 0 Å². The summed E-state index contributed by atoms with van der Waals surface area (Å²) in [7, 11) is 0. The summed E-state index contributed by atoms with van der Waals surface area (Å²) in [6.45, 7) is 7.06. The molecule has 0 unspecified atom stereocenters. The summed E-state index contributed by atoms with van der Waals surface area (Å²) in [4.78, 5) is 10.8. The predicted molar refractivity (Wildman–Crippen MR) is 46.7 cm³/mol. The number of carboxylic acids is 1. The molecular weight excluding hydrogens is 168 g/mol. The van der Waals surface area contributed by atoms with Crippen LogP contribution in [0.25, 0.3) is 0 Å². The van der Waals surface area contributed by atoms with Crippen LogP contribution in [0.4, 0.5) is 0 Å². The van der Waals surface area contributed by atoms with E-state index < -0.39 is 22.9 Å². The molecule has 3 heteroatoms. The molecule has 0 aromatic rings. The topological polar surface area (TPSA) is 60.4 Å². The van der Waals surface area contributed by atoms with Gasteiger partial charge < -0.3 is 15.0 Å². The van der Waals surface area contributed by atoms with Crippen molar-refractivity contribution in [2.75, 3.05) is 0 Å². The van der Waals surface area contributed by atoms with Gasteiger partial charge in [0.15, 0.2) is 0 Å². The maximum atomic E-state index is 10.8. The van der Waals surface area contributed by atoms with E-state index in [9.17, 15) is 15.0 Å². The fraction of sp³-hybridized carbons (Fsp3) is 0.700. The molecule has 1 aliphatic carbocycles. The van der Waals surface area contributed by atoms with E-state index in [1.807, 2.05) is 13.8 Å². The minimum Gasteiger partial charge on any atom is -0.545 e. The van der Waals surface area contributed by atoms with Gasteiger partial charge in [-0.2, -0.15) is 0 Å². The van der Waals surface area contributed by atoms with Gasteiger partial charge in [0.2, 0.25) is 0 Å². The summed E-state index contributed by atoms with van der Waals surface area (Å²) in [5.41, 5.74) is -1.01. The molecule has 1 atom stereocenters. The predicted octanol–water partition coefficient (Wildman–Crippen LogP) is 0.0896. The van der Waals surface area contributed by atoms with E-state index in [0.29, 0.717) is 0 Å². The van der Waals surface area contributed by atoms with Crippen LogP contribution in [0.5, 0.6) is 0 Å². The van der Waals surface area contributed by atoms with Crippen molar-refractivity contribution in [2.45, 2.75) is 33.8 Å². The van der Waals surface area contributed by atoms with E-state index in [-0.39, 0.29) is 5.57 Å². The second-order valence-electron chi connectivity index (χ2n) is 4.79. The highest BCUT2D eigenvalue weighted by atomic mass is 16.4. The summed E-state index contributed by atoms with van der Waals surface area (Å²) in [6.07, 6.45) is 0.917. The number of carbonyl (C=O) groups is 1. The lowest BCUT2D eigenvalue weighted by molar-refractivity contribution is -0.300. The first-order valence-corrected chi connectivity index (χ1v) is 4.32. The lowest BCUT2D eigenvalue weighted by Crippen LogP contribution is -2.39. The van der Waals surface area contributed by atoms with E-state index >= 15 is 0 Å². The number of aliphatic carboxylic acids is 1. The van der Waals surface area contributed by atoms with E-state index in [0.717, 1.165) is 0 Å². The van der Waals surface area contributed by atoms with Crippen molar-refractivity contribution in [3.63, 3.8) is 0 Å². The Morgan fingerprint density at radius 3 is 2.08 bits per heavy atom. The molecular formula is C10H15O3-. The van der Waals surface area contributed by atoms with Gasteiger partial charge in [0.25, 0.3) is 0 Å². The first-order chi connectivity index (χ1) is 5.69. The molecule has 0 spiro atoms. The Morgan fingerprint density at radius 1 is 1.46 bits per heavy atom. The molecule has 0 saturated heterocycles. The third-order valence-corrected chi connectivity index (χ3v) is 2.82. The van der Waals surface area contributed by atoms with Gasteiger partial charge in [0.1, 0.15) is 0 Å². The SMILES string of the molecule is CC1(C)C=C(C(=O)[O-])C(C)(C)[C@@H]1O. The van der Waals surface area contributed by atoms with E-state index in [1.54, 1.807) is 19.9 Å². The zero-order valence-electron chi connectivity index (χ0n) is 8.42. The summed E-state index contributed by atoms with van der Waals surface area (Å²) in [5.74, 6) is -1.19. The molecule has 1 rings (SSSR count). The second-order valence-corrected chi connectivity index (χ2v) is 4.79. The van der Waals surface area contributed by atoms with Crippen LogP contribution < -0.4 is 5.11 Å². The van der Waals surface area contributed by atoms with Crippen LogP contribution in [0.2, 0.25) is 0 Å². The molecule has 74 valence electrons. The Bertz CT molecular complexity index is 274. The number of hydrogen-bond donors (Lipinski definition) is 1. The van der Waals surface area contributed by atoms with Crippen LogP contribution in [0.15, 0.2) is 11.6 Å². The van der Waals surface area contributed by atoms with Crippen LogP contribution >= 0.6 is 0 Å². The number of aliphatic hydroxyl groups is 1. The number of rotatable bonds is 1. The van der Waals surface area contributed by atoms with Gasteiger partial charge in [0, 0.05) is 10.8 Å². The van der Waals surface area contributed by atoms with Crippen LogP contribution in [0.1, 0.15) is 27.7 Å². The molecule has 0 aliphatic heterocycles. The van der Waals surface area contributed by atoms with Crippen molar-refractivity contribution < 1.29 is 15.0 Å². The number of carbonyl (C=O) groups excluding carboxylic acids is 1. The van der Waals surface area contributed by atoms with Crippen LogP contribution in [0.3, 0.4) is 0 Å². The van der Waals surface area contributed by atoms with E-state index in [4.69, 9.17) is 0 Å². The average Bonchev–Trinajstić information content (AvgIpc) is 2.11. The maximum Gasteiger partial charge on any atom is 0.0717 e. The van der Waals surface area contributed by atoms with Crippen molar-refractivity contribution in [2.24, 2.45) is 10.8 Å². The molecule has 0 saturated carbocycles. The molecule has 0 radical (unpaired) electrons. The standard InChI is InChI=1S/C10H16O3/c1-9(2)5-6(7(11)12)10(3,4)8(9)13/h5,8,13H,1-4H3,(H,11,12)/p-1/t8-/m1/s1. The largest absolute Gasteiger partial charge is 0.545 e. The van der Waals surface area contributed by atoms with Crippen molar-refractivity contribution in [3.05, 3.63) is 11.6 Å². The zero-order chi connectivity index (χ0) is 10.4. The third-order valence-electron chi connectivity index (χ3n) is 2.82. The fourth-order valence-corrected chi connectivity index (χ4v) is 2.04. The highest BCUT2D eigenvalue weighted by Crippen LogP contribution is 2.47. The summed E-state index contributed by atoms with van der Waals surface area (Å²) in [6, 6.07) is 0. The first kappa shape index (κ1) is 10.3. The molecule has 0 heterocycles. The number of carboxylic acid groups (broad SMARTS) is 1. The number of hydrogen-bond acceptors (Lipinski definition) is 3. The van der Waals surface area contributed by atoms with Crippen molar-refractivity contribution in [1.29, 1.82) is 0 Å². The third kappa shape index (κ3) is 1.37. The van der Waals surface area contributed by atoms with Crippen LogP contribution in [-0.2, 0) is 4.79 Å². The Labute approximate surface area is 78.1 Å². The maximum absolute atomic E-state index is 10.8. The lowest BCUT2D eigenvalue weighted by atomic mass is 9.77. The van der Waals surface area contributed by atoms with Crippen molar-refractivity contribution >= 4 is 5.97 Å². The summed E-state index contributed by atoms with van der Waals surface area (Å²) in [5, 5.41) is 20.6. The molecule has 0 amide bonds. The van der Waals surface area contributed by atoms with Crippen LogP contribution in [0, 0.1) is 10.8 Å². The minimum absolute atomic E-state index is 0.199. The van der Waals surface area contributed by atoms with Gasteiger partial charge >= 0.3 is 0 Å². The summed E-state index contributed by atoms with van der Waals surface area (Å²) >= 11 is 0. The second kappa shape index (κ2) is 2.58. The average molecular weight is 183 g/mol. The first-order valence-electron chi connectivity index (χ1n) is 4.32. The zero-order valence-corrected chi connectivity index (χ0v) is 8.42. The molecule has 0 aromatic heterocycles. The fourth-order valence-electron chi connectivity index (χ4n) is 2.04. The summed E-state index contributed by atoms with van der Waals surface area (Å²) < 4.78 is 0. The molecule has 13 heavy (non-hydrogen) atoms. The molecule has 1 aliphatic rings. The van der Waals surface area contributed by atoms with E-state index in [1.165, 1.54) is 0 Å². The van der Waals surface area contributed by atoms with Gasteiger partial charge in [-0.25, -0.2) is 0 Å². The highest BCUT2D eigenvalue weighted by Gasteiger charge is 2.47. The van der Waals surface area contributed by atoms with Gasteiger partial charge in [-0.05, 0) is 5.57 Å². The highest BCUT2D eigenvalue weighted by molar-refractivity contribution is 5.87. The van der Waals surface area contributed by atoms with Crippen molar-refractivity contribution in [1.82, 2.24) is 0 Å². The van der Waals surface area contributed by atoms with Gasteiger partial charge in [-0.3, -0.25) is 0 Å². The lowest BCUT2D eigenvalue weighted by Gasteiger charge is -2.32. The molecule has 3 nitrogen and oxygen atoms in total. The normalized spacial score (nSPS) is 29.9.